The fourth-order valence-corrected chi connectivity index (χ4v) is 3.58. The molecule has 1 fully saturated rings. The number of amides is 1. The molecule has 0 aliphatic heterocycles. The van der Waals surface area contributed by atoms with Crippen LogP contribution in [0.3, 0.4) is 0 Å². The lowest BCUT2D eigenvalue weighted by Crippen LogP contribution is -2.32. The van der Waals surface area contributed by atoms with Crippen LogP contribution in [0.2, 0.25) is 0 Å². The van der Waals surface area contributed by atoms with Crippen LogP contribution in [0.25, 0.3) is 5.69 Å². The van der Waals surface area contributed by atoms with Crippen LogP contribution in [0.5, 0.6) is 0 Å². The Balaban J connectivity index is 1.53. The molecule has 1 aliphatic carbocycles. The molecule has 7 heteroatoms. The van der Waals surface area contributed by atoms with Crippen molar-refractivity contribution < 1.29 is 18.7 Å². The van der Waals surface area contributed by atoms with Crippen molar-refractivity contribution in [3.63, 3.8) is 0 Å². The topological polar surface area (TPSA) is 64.4 Å². The smallest absolute Gasteiger partial charge is 0.341 e. The van der Waals surface area contributed by atoms with Gasteiger partial charge in [0.2, 0.25) is 0 Å². The Morgan fingerprint density at radius 3 is 2.58 bits per heavy atom. The lowest BCUT2D eigenvalue weighted by Gasteiger charge is -2.23. The molecular formula is C24H24FN3O3. The molecule has 0 radical (unpaired) electrons. The summed E-state index contributed by atoms with van der Waals surface area (Å²) in [5.41, 5.74) is 3.16. The zero-order chi connectivity index (χ0) is 22.0. The minimum absolute atomic E-state index is 0.0808. The molecular weight excluding hydrogens is 397 g/mol. The number of hydrogen-bond acceptors (Lipinski definition) is 4. The van der Waals surface area contributed by atoms with Crippen molar-refractivity contribution in [3.05, 3.63) is 82.9 Å². The van der Waals surface area contributed by atoms with E-state index in [0.29, 0.717) is 30.0 Å². The standard InChI is InChI=1S/C24H24FN3O3/c1-3-31-24(30)22-14-26-28(16(22)2)21-9-7-18(8-10-21)23(29)27(20-11-12-20)15-17-5-4-6-19(25)13-17/h4-10,13-14,20H,3,11-12,15H2,1-2H3. The average molecular weight is 421 g/mol. The van der Waals surface area contributed by atoms with Crippen molar-refractivity contribution in [2.45, 2.75) is 39.3 Å². The number of nitrogens with zero attached hydrogens (tertiary/aromatic N) is 3. The number of halogens is 1. The molecule has 1 heterocycles. The van der Waals surface area contributed by atoms with Gasteiger partial charge in [-0.15, -0.1) is 0 Å². The summed E-state index contributed by atoms with van der Waals surface area (Å²) in [7, 11) is 0. The van der Waals surface area contributed by atoms with E-state index >= 15 is 0 Å². The highest BCUT2D eigenvalue weighted by atomic mass is 19.1. The zero-order valence-corrected chi connectivity index (χ0v) is 17.5. The number of aromatic nitrogens is 2. The van der Waals surface area contributed by atoms with Crippen LogP contribution in [0.4, 0.5) is 4.39 Å². The van der Waals surface area contributed by atoms with Crippen molar-refractivity contribution >= 4 is 11.9 Å². The third-order valence-electron chi connectivity index (χ3n) is 5.35. The molecule has 31 heavy (non-hydrogen) atoms. The average Bonchev–Trinajstić information content (AvgIpc) is 3.53. The van der Waals surface area contributed by atoms with E-state index in [0.717, 1.165) is 24.1 Å². The maximum absolute atomic E-state index is 13.6. The lowest BCUT2D eigenvalue weighted by atomic mass is 10.1. The summed E-state index contributed by atoms with van der Waals surface area (Å²) in [6.45, 7) is 4.23. The van der Waals surface area contributed by atoms with Crippen molar-refractivity contribution in [1.29, 1.82) is 0 Å². The quantitative estimate of drug-likeness (QED) is 0.534. The van der Waals surface area contributed by atoms with Gasteiger partial charge in [0.25, 0.3) is 5.91 Å². The number of ether oxygens (including phenoxy) is 1. The van der Waals surface area contributed by atoms with Crippen molar-refractivity contribution in [1.82, 2.24) is 14.7 Å². The van der Waals surface area contributed by atoms with Crippen LogP contribution in [-0.4, -0.2) is 39.2 Å². The van der Waals surface area contributed by atoms with Gasteiger partial charge in [-0.25, -0.2) is 13.9 Å². The highest BCUT2D eigenvalue weighted by Gasteiger charge is 2.33. The van der Waals surface area contributed by atoms with Crippen LogP contribution in [-0.2, 0) is 11.3 Å². The number of esters is 1. The Morgan fingerprint density at radius 1 is 1.19 bits per heavy atom. The molecule has 0 unspecified atom stereocenters. The molecule has 0 bridgehead atoms. The maximum atomic E-state index is 13.6. The summed E-state index contributed by atoms with van der Waals surface area (Å²) < 4.78 is 20.2. The number of hydrogen-bond donors (Lipinski definition) is 0. The molecule has 2 aromatic carbocycles. The summed E-state index contributed by atoms with van der Waals surface area (Å²) in [6.07, 6.45) is 3.41. The predicted octanol–water partition coefficient (Wildman–Crippen LogP) is 4.30. The summed E-state index contributed by atoms with van der Waals surface area (Å²) >= 11 is 0. The molecule has 160 valence electrons. The third-order valence-corrected chi connectivity index (χ3v) is 5.35. The number of benzene rings is 2. The van der Waals surface area contributed by atoms with Crippen molar-refractivity contribution in [2.75, 3.05) is 6.61 Å². The highest BCUT2D eigenvalue weighted by molar-refractivity contribution is 5.95. The largest absolute Gasteiger partial charge is 0.462 e. The fraction of sp³-hybridized carbons (Fsp3) is 0.292. The van der Waals surface area contributed by atoms with E-state index in [4.69, 9.17) is 4.74 Å². The Hall–Kier alpha value is -3.48. The van der Waals surface area contributed by atoms with Gasteiger partial charge < -0.3 is 9.64 Å². The molecule has 1 amide bonds. The van der Waals surface area contributed by atoms with Gasteiger partial charge in [0.15, 0.2) is 0 Å². The van der Waals surface area contributed by atoms with Gasteiger partial charge in [0.05, 0.1) is 24.2 Å². The van der Waals surface area contributed by atoms with Crippen LogP contribution < -0.4 is 0 Å². The van der Waals surface area contributed by atoms with E-state index in [1.54, 1.807) is 48.9 Å². The van der Waals surface area contributed by atoms with Gasteiger partial charge in [-0.05, 0) is 68.7 Å². The Bertz CT molecular complexity index is 1100. The van der Waals surface area contributed by atoms with Crippen LogP contribution in [0, 0.1) is 12.7 Å². The molecule has 4 rings (SSSR count). The molecule has 0 spiro atoms. The SMILES string of the molecule is CCOC(=O)c1cnn(-c2ccc(C(=O)N(Cc3cccc(F)c3)C3CC3)cc2)c1C. The molecule has 1 aliphatic rings. The van der Waals surface area contributed by atoms with E-state index in [2.05, 4.69) is 5.10 Å². The van der Waals surface area contributed by atoms with Crippen LogP contribution >= 0.6 is 0 Å². The Labute approximate surface area is 180 Å². The van der Waals surface area contributed by atoms with E-state index in [9.17, 15) is 14.0 Å². The third kappa shape index (κ3) is 4.50. The van der Waals surface area contributed by atoms with Crippen molar-refractivity contribution in [2.24, 2.45) is 0 Å². The number of carbonyl (C=O) groups excluding carboxylic acids is 2. The molecule has 6 nitrogen and oxygen atoms in total. The highest BCUT2D eigenvalue weighted by Crippen LogP contribution is 2.30. The first-order valence-electron chi connectivity index (χ1n) is 10.4. The predicted molar refractivity (Wildman–Crippen MR) is 114 cm³/mol. The molecule has 0 atom stereocenters. The molecule has 0 saturated heterocycles. The number of rotatable bonds is 7. The van der Waals surface area contributed by atoms with E-state index < -0.39 is 5.97 Å². The van der Waals surface area contributed by atoms with Gasteiger partial charge >= 0.3 is 5.97 Å². The van der Waals surface area contributed by atoms with Gasteiger partial charge in [-0.3, -0.25) is 4.79 Å². The monoisotopic (exact) mass is 421 g/mol. The summed E-state index contributed by atoms with van der Waals surface area (Å²) in [4.78, 5) is 27.0. The van der Waals surface area contributed by atoms with Crippen molar-refractivity contribution in [3.8, 4) is 5.69 Å². The van der Waals surface area contributed by atoms with Gasteiger partial charge in [0, 0.05) is 18.2 Å². The normalized spacial score (nSPS) is 13.1. The Kier molecular flexibility index (Phi) is 5.84. The van der Waals surface area contributed by atoms with Crippen LogP contribution in [0.15, 0.2) is 54.7 Å². The van der Waals surface area contributed by atoms with E-state index in [1.165, 1.54) is 18.3 Å². The summed E-state index contributed by atoms with van der Waals surface area (Å²) in [6, 6.07) is 13.7. The van der Waals surface area contributed by atoms with Gasteiger partial charge in [0.1, 0.15) is 11.4 Å². The van der Waals surface area contributed by atoms with Crippen LogP contribution in [0.1, 0.15) is 51.7 Å². The summed E-state index contributed by atoms with van der Waals surface area (Å²) in [5, 5.41) is 4.29. The van der Waals surface area contributed by atoms with Gasteiger partial charge in [-0.2, -0.15) is 5.10 Å². The molecule has 1 aromatic heterocycles. The second kappa shape index (κ2) is 8.71. The first-order chi connectivity index (χ1) is 15.0. The minimum Gasteiger partial charge on any atom is -0.462 e. The first-order valence-corrected chi connectivity index (χ1v) is 10.4. The second-order valence-electron chi connectivity index (χ2n) is 7.62. The zero-order valence-electron chi connectivity index (χ0n) is 17.5. The molecule has 1 saturated carbocycles. The maximum Gasteiger partial charge on any atom is 0.341 e. The second-order valence-corrected chi connectivity index (χ2v) is 7.62. The first kappa shape index (κ1) is 20.8. The van der Waals surface area contributed by atoms with E-state index in [1.807, 2.05) is 11.0 Å². The molecule has 0 N–H and O–H groups in total. The van der Waals surface area contributed by atoms with Gasteiger partial charge in [-0.1, -0.05) is 12.1 Å². The lowest BCUT2D eigenvalue weighted by molar-refractivity contribution is 0.0525. The van der Waals surface area contributed by atoms with E-state index in [-0.39, 0.29) is 17.8 Å². The Morgan fingerprint density at radius 2 is 1.94 bits per heavy atom. The number of carbonyl (C=O) groups is 2. The fourth-order valence-electron chi connectivity index (χ4n) is 3.58. The minimum atomic E-state index is -0.407. The summed E-state index contributed by atoms with van der Waals surface area (Å²) in [5.74, 6) is -0.792. The molecule has 3 aromatic rings.